The van der Waals surface area contributed by atoms with Gasteiger partial charge in [-0.05, 0) is 55.0 Å². The molecule has 0 saturated heterocycles. The predicted octanol–water partition coefficient (Wildman–Crippen LogP) is 4.31. The minimum atomic E-state index is -4.58. The van der Waals surface area contributed by atoms with Gasteiger partial charge in [-0.3, -0.25) is 9.78 Å². The van der Waals surface area contributed by atoms with E-state index in [9.17, 15) is 18.0 Å². The number of aromatic nitrogens is 4. The Labute approximate surface area is 198 Å². The van der Waals surface area contributed by atoms with E-state index in [1.54, 1.807) is 42.9 Å². The Balaban J connectivity index is 1.63. The zero-order chi connectivity index (χ0) is 25.0. The highest BCUT2D eigenvalue weighted by Gasteiger charge is 2.31. The van der Waals surface area contributed by atoms with Crippen molar-refractivity contribution in [1.82, 2.24) is 20.0 Å². The Morgan fingerprint density at radius 3 is 2.66 bits per heavy atom. The lowest BCUT2D eigenvalue weighted by Gasteiger charge is -2.16. The molecule has 4 aromatic rings. The molecule has 2 aromatic heterocycles. The number of benzene rings is 2. The van der Waals surface area contributed by atoms with Crippen LogP contribution in [0, 0.1) is 6.92 Å². The molecule has 0 aliphatic carbocycles. The number of nitrogens with one attached hydrogen (secondary N) is 2. The quantitative estimate of drug-likeness (QED) is 0.363. The molecular formula is C24H21F3N6O2. The number of halogens is 3. The first kappa shape index (κ1) is 23.9. The molecule has 0 radical (unpaired) electrons. The standard InChI is InChI=1S/C24H21F3N6O2/c1-15-4-5-16(11-22(15)33-14-21(31-32-33)17-3-2-8-28-13-17)23(35)30-20-12-18(24(25,26)27)6-7-19(20)29-9-10-34/h2-8,11-14,29,34H,9-10H2,1H3,(H,30,35). The molecule has 0 bridgehead atoms. The Kier molecular flexibility index (Phi) is 6.78. The van der Waals surface area contributed by atoms with Gasteiger partial charge in [-0.15, -0.1) is 5.10 Å². The van der Waals surface area contributed by atoms with Crippen LogP contribution in [-0.4, -0.2) is 44.1 Å². The van der Waals surface area contributed by atoms with Gasteiger partial charge in [-0.25, -0.2) is 4.68 Å². The molecule has 35 heavy (non-hydrogen) atoms. The maximum atomic E-state index is 13.2. The zero-order valence-corrected chi connectivity index (χ0v) is 18.5. The summed E-state index contributed by atoms with van der Waals surface area (Å²) in [5.41, 5.74) is 2.28. The van der Waals surface area contributed by atoms with E-state index >= 15 is 0 Å². The first-order valence-electron chi connectivity index (χ1n) is 10.6. The lowest BCUT2D eigenvalue weighted by atomic mass is 10.1. The summed E-state index contributed by atoms with van der Waals surface area (Å²) in [6.45, 7) is 1.72. The summed E-state index contributed by atoms with van der Waals surface area (Å²) < 4.78 is 41.2. The second kappa shape index (κ2) is 9.94. The molecule has 2 aromatic carbocycles. The third-order valence-corrected chi connectivity index (χ3v) is 5.19. The third kappa shape index (κ3) is 5.46. The van der Waals surface area contributed by atoms with Gasteiger partial charge in [0.25, 0.3) is 5.91 Å². The maximum absolute atomic E-state index is 13.2. The average molecular weight is 482 g/mol. The van der Waals surface area contributed by atoms with Crippen molar-refractivity contribution in [2.24, 2.45) is 0 Å². The Morgan fingerprint density at radius 2 is 1.94 bits per heavy atom. The average Bonchev–Trinajstić information content (AvgIpc) is 3.33. The van der Waals surface area contributed by atoms with Gasteiger partial charge < -0.3 is 15.7 Å². The number of hydrogen-bond donors (Lipinski definition) is 3. The molecule has 8 nitrogen and oxygen atoms in total. The van der Waals surface area contributed by atoms with Crippen LogP contribution in [-0.2, 0) is 6.18 Å². The van der Waals surface area contributed by atoms with E-state index in [0.717, 1.165) is 23.3 Å². The molecule has 0 atom stereocenters. The smallest absolute Gasteiger partial charge is 0.395 e. The molecule has 0 fully saturated rings. The Morgan fingerprint density at radius 1 is 1.11 bits per heavy atom. The van der Waals surface area contributed by atoms with E-state index < -0.39 is 17.6 Å². The summed E-state index contributed by atoms with van der Waals surface area (Å²) in [5.74, 6) is -0.606. The van der Waals surface area contributed by atoms with Crippen LogP contribution in [0.2, 0.25) is 0 Å². The number of pyridine rings is 1. The highest BCUT2D eigenvalue weighted by molar-refractivity contribution is 6.06. The van der Waals surface area contributed by atoms with E-state index in [0.29, 0.717) is 11.4 Å². The summed E-state index contributed by atoms with van der Waals surface area (Å²) in [6, 6.07) is 11.5. The molecule has 3 N–H and O–H groups in total. The Bertz CT molecular complexity index is 1340. The van der Waals surface area contributed by atoms with Crippen LogP contribution in [0.3, 0.4) is 0 Å². The molecule has 0 saturated carbocycles. The number of anilines is 2. The fourth-order valence-corrected chi connectivity index (χ4v) is 3.39. The van der Waals surface area contributed by atoms with E-state index in [1.165, 1.54) is 10.7 Å². The van der Waals surface area contributed by atoms with E-state index in [-0.39, 0.29) is 30.1 Å². The first-order valence-corrected chi connectivity index (χ1v) is 10.6. The second-order valence-electron chi connectivity index (χ2n) is 7.65. The Hall–Kier alpha value is -4.25. The van der Waals surface area contributed by atoms with Crippen LogP contribution < -0.4 is 10.6 Å². The molecule has 2 heterocycles. The highest BCUT2D eigenvalue weighted by Crippen LogP contribution is 2.34. The SMILES string of the molecule is Cc1ccc(C(=O)Nc2cc(C(F)(F)F)ccc2NCCO)cc1-n1cc(-c2cccnc2)nn1. The van der Waals surface area contributed by atoms with Crippen molar-refractivity contribution in [2.75, 3.05) is 23.8 Å². The molecular weight excluding hydrogens is 461 g/mol. The first-order chi connectivity index (χ1) is 16.8. The number of nitrogens with zero attached hydrogens (tertiary/aromatic N) is 4. The molecule has 4 rings (SSSR count). The number of aryl methyl sites for hydroxylation is 1. The normalized spacial score (nSPS) is 11.3. The van der Waals surface area contributed by atoms with Crippen LogP contribution in [0.5, 0.6) is 0 Å². The summed E-state index contributed by atoms with van der Waals surface area (Å²) in [4.78, 5) is 17.1. The van der Waals surface area contributed by atoms with E-state index in [4.69, 9.17) is 5.11 Å². The van der Waals surface area contributed by atoms with Crippen molar-refractivity contribution in [3.8, 4) is 16.9 Å². The molecule has 0 spiro atoms. The fraction of sp³-hybridized carbons (Fsp3) is 0.167. The highest BCUT2D eigenvalue weighted by atomic mass is 19.4. The molecule has 11 heteroatoms. The summed E-state index contributed by atoms with van der Waals surface area (Å²) in [6.07, 6.45) is 0.424. The minimum Gasteiger partial charge on any atom is -0.395 e. The van der Waals surface area contributed by atoms with Gasteiger partial charge in [-0.2, -0.15) is 13.2 Å². The number of aliphatic hydroxyl groups excluding tert-OH is 1. The number of aliphatic hydroxyl groups is 1. The van der Waals surface area contributed by atoms with Crippen LogP contribution in [0.15, 0.2) is 67.1 Å². The lowest BCUT2D eigenvalue weighted by Crippen LogP contribution is -2.16. The van der Waals surface area contributed by atoms with Gasteiger partial charge in [0.05, 0.1) is 35.4 Å². The van der Waals surface area contributed by atoms with Gasteiger partial charge in [0, 0.05) is 30.1 Å². The zero-order valence-electron chi connectivity index (χ0n) is 18.5. The molecule has 0 aliphatic rings. The molecule has 1 amide bonds. The lowest BCUT2D eigenvalue weighted by molar-refractivity contribution is -0.137. The van der Waals surface area contributed by atoms with Crippen molar-refractivity contribution in [3.05, 3.63) is 83.8 Å². The van der Waals surface area contributed by atoms with Gasteiger partial charge in [-0.1, -0.05) is 11.3 Å². The monoisotopic (exact) mass is 482 g/mol. The number of alkyl halides is 3. The number of carbonyl (C=O) groups is 1. The van der Waals surface area contributed by atoms with Crippen molar-refractivity contribution in [3.63, 3.8) is 0 Å². The molecule has 0 aliphatic heterocycles. The molecule has 180 valence electrons. The topological polar surface area (TPSA) is 105 Å². The van der Waals surface area contributed by atoms with Gasteiger partial charge >= 0.3 is 6.18 Å². The summed E-state index contributed by atoms with van der Waals surface area (Å²) in [5, 5.41) is 22.7. The molecule has 0 unspecified atom stereocenters. The fourth-order valence-electron chi connectivity index (χ4n) is 3.39. The predicted molar refractivity (Wildman–Crippen MR) is 124 cm³/mol. The van der Waals surface area contributed by atoms with Gasteiger partial charge in [0.1, 0.15) is 5.69 Å². The summed E-state index contributed by atoms with van der Waals surface area (Å²) in [7, 11) is 0. The number of carbonyl (C=O) groups excluding carboxylic acids is 1. The second-order valence-corrected chi connectivity index (χ2v) is 7.65. The van der Waals surface area contributed by atoms with Crippen molar-refractivity contribution >= 4 is 17.3 Å². The van der Waals surface area contributed by atoms with E-state index in [1.807, 2.05) is 13.0 Å². The number of amides is 1. The third-order valence-electron chi connectivity index (χ3n) is 5.19. The van der Waals surface area contributed by atoms with Gasteiger partial charge in [0.15, 0.2) is 0 Å². The van der Waals surface area contributed by atoms with Crippen molar-refractivity contribution in [2.45, 2.75) is 13.1 Å². The number of hydrogen-bond acceptors (Lipinski definition) is 6. The summed E-state index contributed by atoms with van der Waals surface area (Å²) >= 11 is 0. The largest absolute Gasteiger partial charge is 0.416 e. The van der Waals surface area contributed by atoms with Crippen molar-refractivity contribution in [1.29, 1.82) is 0 Å². The van der Waals surface area contributed by atoms with Gasteiger partial charge in [0.2, 0.25) is 0 Å². The van der Waals surface area contributed by atoms with Crippen LogP contribution in [0.25, 0.3) is 16.9 Å². The van der Waals surface area contributed by atoms with Crippen LogP contribution in [0.1, 0.15) is 21.5 Å². The number of rotatable bonds is 7. The van der Waals surface area contributed by atoms with Crippen LogP contribution >= 0.6 is 0 Å². The minimum absolute atomic E-state index is 0.0555. The van der Waals surface area contributed by atoms with Crippen LogP contribution in [0.4, 0.5) is 24.5 Å². The van der Waals surface area contributed by atoms with Crippen molar-refractivity contribution < 1.29 is 23.1 Å². The van der Waals surface area contributed by atoms with E-state index in [2.05, 4.69) is 25.9 Å². The maximum Gasteiger partial charge on any atom is 0.416 e.